The molecule has 0 aliphatic heterocycles. The number of nitrogens with one attached hydrogen (secondary N) is 1. The van der Waals surface area contributed by atoms with Crippen LogP contribution in [0.4, 0.5) is 5.69 Å². The zero-order valence-electron chi connectivity index (χ0n) is 11.9. The van der Waals surface area contributed by atoms with Crippen molar-refractivity contribution in [2.75, 3.05) is 11.2 Å². The van der Waals surface area contributed by atoms with Gasteiger partial charge in [-0.2, -0.15) is 5.10 Å². The zero-order valence-corrected chi connectivity index (χ0v) is 12.7. The second-order valence-corrected chi connectivity index (χ2v) is 5.14. The third-order valence-corrected chi connectivity index (χ3v) is 3.42. The number of aryl methyl sites for hydroxylation is 2. The van der Waals surface area contributed by atoms with Crippen LogP contribution in [0.1, 0.15) is 22.5 Å². The Morgan fingerprint density at radius 1 is 1.35 bits per heavy atom. The van der Waals surface area contributed by atoms with Crippen molar-refractivity contribution in [1.82, 2.24) is 9.78 Å². The number of carbonyl (C=O) groups is 1. The first-order chi connectivity index (χ1) is 9.51. The van der Waals surface area contributed by atoms with Crippen molar-refractivity contribution in [1.29, 1.82) is 0 Å². The molecule has 0 saturated carbocycles. The van der Waals surface area contributed by atoms with Gasteiger partial charge in [0.15, 0.2) is 0 Å². The number of rotatable bonds is 4. The van der Waals surface area contributed by atoms with Crippen LogP contribution in [0.2, 0.25) is 0 Å². The van der Waals surface area contributed by atoms with Gasteiger partial charge in [0.2, 0.25) is 5.91 Å². The quantitative estimate of drug-likeness (QED) is 0.880. The fourth-order valence-electron chi connectivity index (χ4n) is 2.19. The predicted octanol–water partition coefficient (Wildman–Crippen LogP) is 3.03. The molecule has 0 aliphatic rings. The van der Waals surface area contributed by atoms with Gasteiger partial charge in [-0.25, -0.2) is 0 Å². The SMILES string of the molecule is Cc1cccc(Cn2nc(C)c(NC(=O)CCl)c2C)c1. The highest BCUT2D eigenvalue weighted by molar-refractivity contribution is 6.29. The molecule has 0 unspecified atom stereocenters. The number of alkyl halides is 1. The Balaban J connectivity index is 2.25. The number of benzene rings is 1. The lowest BCUT2D eigenvalue weighted by atomic mass is 10.1. The van der Waals surface area contributed by atoms with E-state index in [1.54, 1.807) is 0 Å². The highest BCUT2D eigenvalue weighted by atomic mass is 35.5. The summed E-state index contributed by atoms with van der Waals surface area (Å²) in [5.41, 5.74) is 4.89. The number of hydrogen-bond acceptors (Lipinski definition) is 2. The Hall–Kier alpha value is -1.81. The largest absolute Gasteiger partial charge is 0.322 e. The highest BCUT2D eigenvalue weighted by Crippen LogP contribution is 2.20. The Labute approximate surface area is 123 Å². The number of aromatic nitrogens is 2. The van der Waals surface area contributed by atoms with Gasteiger partial charge < -0.3 is 5.32 Å². The standard InChI is InChI=1S/C15H18ClN3O/c1-10-5-4-6-13(7-10)9-19-12(3)15(11(2)18-19)17-14(20)8-16/h4-7H,8-9H2,1-3H3,(H,17,20). The van der Waals surface area contributed by atoms with E-state index in [9.17, 15) is 4.79 Å². The summed E-state index contributed by atoms with van der Waals surface area (Å²) in [5.74, 6) is -0.268. The third-order valence-electron chi connectivity index (χ3n) is 3.18. The summed E-state index contributed by atoms with van der Waals surface area (Å²) in [4.78, 5) is 11.4. The van der Waals surface area contributed by atoms with Crippen molar-refractivity contribution in [3.05, 3.63) is 46.8 Å². The average Bonchev–Trinajstić information content (AvgIpc) is 2.66. The van der Waals surface area contributed by atoms with E-state index in [0.717, 1.165) is 17.1 Å². The Morgan fingerprint density at radius 2 is 2.10 bits per heavy atom. The monoisotopic (exact) mass is 291 g/mol. The van der Waals surface area contributed by atoms with Gasteiger partial charge in [0.25, 0.3) is 0 Å². The lowest BCUT2D eigenvalue weighted by Gasteiger charge is -2.07. The maximum absolute atomic E-state index is 11.4. The van der Waals surface area contributed by atoms with Crippen molar-refractivity contribution in [2.45, 2.75) is 27.3 Å². The molecule has 0 aliphatic carbocycles. The molecule has 1 aromatic heterocycles. The second-order valence-electron chi connectivity index (χ2n) is 4.87. The molecule has 1 N–H and O–H groups in total. The van der Waals surface area contributed by atoms with Crippen molar-refractivity contribution in [2.24, 2.45) is 0 Å². The highest BCUT2D eigenvalue weighted by Gasteiger charge is 2.13. The van der Waals surface area contributed by atoms with E-state index in [-0.39, 0.29) is 11.8 Å². The molecule has 0 atom stereocenters. The number of amides is 1. The first kappa shape index (κ1) is 14.6. The Bertz CT molecular complexity index is 634. The first-order valence-corrected chi connectivity index (χ1v) is 7.00. The van der Waals surface area contributed by atoms with E-state index in [2.05, 4.69) is 35.5 Å². The molecule has 0 spiro atoms. The molecule has 106 valence electrons. The average molecular weight is 292 g/mol. The third kappa shape index (κ3) is 3.20. The summed E-state index contributed by atoms with van der Waals surface area (Å²) in [6.07, 6.45) is 0. The van der Waals surface area contributed by atoms with E-state index >= 15 is 0 Å². The first-order valence-electron chi connectivity index (χ1n) is 6.46. The molecule has 5 heteroatoms. The number of halogens is 1. The number of anilines is 1. The minimum Gasteiger partial charge on any atom is -0.322 e. The normalized spacial score (nSPS) is 10.6. The van der Waals surface area contributed by atoms with Crippen molar-refractivity contribution < 1.29 is 4.79 Å². The summed E-state index contributed by atoms with van der Waals surface area (Å²) in [6.45, 7) is 6.57. The van der Waals surface area contributed by atoms with Crippen molar-refractivity contribution >= 4 is 23.2 Å². The molecular formula is C15H18ClN3O. The fourth-order valence-corrected chi connectivity index (χ4v) is 2.25. The summed E-state index contributed by atoms with van der Waals surface area (Å²) in [7, 11) is 0. The van der Waals surface area contributed by atoms with Crippen LogP contribution in [0.5, 0.6) is 0 Å². The van der Waals surface area contributed by atoms with Crippen molar-refractivity contribution in [3.63, 3.8) is 0 Å². The van der Waals surface area contributed by atoms with Gasteiger partial charge in [-0.1, -0.05) is 29.8 Å². The van der Waals surface area contributed by atoms with Crippen LogP contribution in [0.15, 0.2) is 24.3 Å². The molecule has 0 fully saturated rings. The lowest BCUT2D eigenvalue weighted by Crippen LogP contribution is -2.14. The van der Waals surface area contributed by atoms with Crippen LogP contribution in [0, 0.1) is 20.8 Å². The fraction of sp³-hybridized carbons (Fsp3) is 0.333. The van der Waals surface area contributed by atoms with E-state index < -0.39 is 0 Å². The minimum absolute atomic E-state index is 0.0536. The molecule has 0 radical (unpaired) electrons. The number of nitrogens with zero attached hydrogens (tertiary/aromatic N) is 2. The molecule has 0 saturated heterocycles. The van der Waals surface area contributed by atoms with Crippen LogP contribution >= 0.6 is 11.6 Å². The van der Waals surface area contributed by atoms with Gasteiger partial charge in [0, 0.05) is 0 Å². The second kappa shape index (κ2) is 6.09. The van der Waals surface area contributed by atoms with Gasteiger partial charge >= 0.3 is 0 Å². The molecule has 1 aromatic carbocycles. The summed E-state index contributed by atoms with van der Waals surface area (Å²) in [6, 6.07) is 8.30. The molecule has 1 heterocycles. The minimum atomic E-state index is -0.215. The zero-order chi connectivity index (χ0) is 14.7. The maximum Gasteiger partial charge on any atom is 0.239 e. The van der Waals surface area contributed by atoms with E-state index in [1.807, 2.05) is 24.6 Å². The lowest BCUT2D eigenvalue weighted by molar-refractivity contribution is -0.113. The van der Waals surface area contributed by atoms with Crippen LogP contribution in [-0.2, 0) is 11.3 Å². The van der Waals surface area contributed by atoms with Crippen LogP contribution < -0.4 is 5.32 Å². The molecule has 2 aromatic rings. The predicted molar refractivity (Wildman–Crippen MR) is 81.3 cm³/mol. The van der Waals surface area contributed by atoms with Gasteiger partial charge in [-0.15, -0.1) is 11.6 Å². The Kier molecular flexibility index (Phi) is 4.45. The van der Waals surface area contributed by atoms with Crippen molar-refractivity contribution in [3.8, 4) is 0 Å². The molecule has 4 nitrogen and oxygen atoms in total. The van der Waals surface area contributed by atoms with Crippen LogP contribution in [0.3, 0.4) is 0 Å². The van der Waals surface area contributed by atoms with Gasteiger partial charge in [-0.3, -0.25) is 9.48 Å². The van der Waals surface area contributed by atoms with E-state index in [1.165, 1.54) is 11.1 Å². The topological polar surface area (TPSA) is 46.9 Å². The van der Waals surface area contributed by atoms with Crippen LogP contribution in [-0.4, -0.2) is 21.6 Å². The molecule has 20 heavy (non-hydrogen) atoms. The number of hydrogen-bond donors (Lipinski definition) is 1. The van der Waals surface area contributed by atoms with Gasteiger partial charge in [-0.05, 0) is 26.3 Å². The molecule has 2 rings (SSSR count). The molecule has 0 bridgehead atoms. The number of carbonyl (C=O) groups excluding carboxylic acids is 1. The maximum atomic E-state index is 11.4. The summed E-state index contributed by atoms with van der Waals surface area (Å²) >= 11 is 5.52. The van der Waals surface area contributed by atoms with Gasteiger partial charge in [0.1, 0.15) is 5.88 Å². The van der Waals surface area contributed by atoms with E-state index in [4.69, 9.17) is 11.6 Å². The Morgan fingerprint density at radius 3 is 2.75 bits per heavy atom. The summed E-state index contributed by atoms with van der Waals surface area (Å²) < 4.78 is 1.90. The van der Waals surface area contributed by atoms with E-state index in [0.29, 0.717) is 6.54 Å². The van der Waals surface area contributed by atoms with Gasteiger partial charge in [0.05, 0.1) is 23.6 Å². The molecule has 1 amide bonds. The molecular weight excluding hydrogens is 274 g/mol. The summed E-state index contributed by atoms with van der Waals surface area (Å²) in [5, 5.41) is 7.27. The van der Waals surface area contributed by atoms with Crippen LogP contribution in [0.25, 0.3) is 0 Å². The smallest absolute Gasteiger partial charge is 0.239 e.